The molecule has 182 valence electrons. The number of piperidine rings is 1. The molecular formula is C25H30N2O7. The first kappa shape index (κ1) is 25.2. The van der Waals surface area contributed by atoms with Crippen molar-refractivity contribution >= 4 is 18.0 Å². The van der Waals surface area contributed by atoms with Crippen LogP contribution in [0.3, 0.4) is 0 Å². The summed E-state index contributed by atoms with van der Waals surface area (Å²) in [4.78, 5) is 49.3. The summed E-state index contributed by atoms with van der Waals surface area (Å²) < 4.78 is 5.37. The molecule has 0 radical (unpaired) electrons. The normalized spacial score (nSPS) is 14.0. The number of nitrogens with zero attached hydrogens (tertiary/aromatic N) is 2. The maximum atomic E-state index is 12.8. The van der Waals surface area contributed by atoms with Crippen molar-refractivity contribution in [2.45, 2.75) is 39.0 Å². The van der Waals surface area contributed by atoms with Gasteiger partial charge in [-0.05, 0) is 43.0 Å². The molecule has 0 unspecified atom stereocenters. The molecule has 1 fully saturated rings. The highest BCUT2D eigenvalue weighted by Crippen LogP contribution is 2.20. The predicted molar refractivity (Wildman–Crippen MR) is 123 cm³/mol. The van der Waals surface area contributed by atoms with Gasteiger partial charge in [0.25, 0.3) is 5.91 Å². The number of amides is 2. The monoisotopic (exact) mass is 470 g/mol. The maximum absolute atomic E-state index is 12.8. The number of ether oxygens (including phenoxy) is 1. The topological polar surface area (TPSA) is 106 Å². The van der Waals surface area contributed by atoms with Crippen LogP contribution in [0.2, 0.25) is 0 Å². The first-order valence-corrected chi connectivity index (χ1v) is 11.3. The van der Waals surface area contributed by atoms with Gasteiger partial charge in [0.15, 0.2) is 6.61 Å². The molecule has 34 heavy (non-hydrogen) atoms. The number of carbonyl (C=O) groups excluding carboxylic acids is 2. The third-order valence-corrected chi connectivity index (χ3v) is 5.64. The Hall–Kier alpha value is -3.43. The van der Waals surface area contributed by atoms with E-state index < -0.39 is 12.1 Å². The lowest BCUT2D eigenvalue weighted by Crippen LogP contribution is -2.49. The Morgan fingerprint density at radius 1 is 0.971 bits per heavy atom. The summed E-state index contributed by atoms with van der Waals surface area (Å²) in [6, 6.07) is 16.2. The molecule has 0 saturated carbocycles. The number of benzene rings is 2. The number of esters is 1. The van der Waals surface area contributed by atoms with Crippen LogP contribution in [-0.4, -0.2) is 65.2 Å². The third kappa shape index (κ3) is 7.29. The predicted octanol–water partition coefficient (Wildman–Crippen LogP) is 3.48. The second-order valence-corrected chi connectivity index (χ2v) is 7.95. The van der Waals surface area contributed by atoms with Crippen LogP contribution in [0.15, 0.2) is 54.6 Å². The lowest BCUT2D eigenvalue weighted by Gasteiger charge is -2.37. The minimum Gasteiger partial charge on any atom is -0.465 e. The highest BCUT2D eigenvalue weighted by molar-refractivity contribution is 5.89. The molecule has 1 aliphatic heterocycles. The quantitative estimate of drug-likeness (QED) is 0.245. The van der Waals surface area contributed by atoms with Gasteiger partial charge in [-0.3, -0.25) is 4.79 Å². The summed E-state index contributed by atoms with van der Waals surface area (Å²) in [5, 5.41) is 9.20. The summed E-state index contributed by atoms with van der Waals surface area (Å²) >= 11 is 0. The Kier molecular flexibility index (Phi) is 9.42. The molecule has 0 atom stereocenters. The van der Waals surface area contributed by atoms with Crippen LogP contribution in [0.5, 0.6) is 0 Å². The highest BCUT2D eigenvalue weighted by Gasteiger charge is 2.30. The molecule has 0 aromatic heterocycles. The van der Waals surface area contributed by atoms with Gasteiger partial charge in [0.1, 0.15) is 6.61 Å². The molecule has 1 aliphatic rings. The Morgan fingerprint density at radius 2 is 1.65 bits per heavy atom. The Balaban J connectivity index is 1.62. The first-order valence-electron chi connectivity index (χ1n) is 11.3. The number of carbonyl (C=O) groups is 3. The van der Waals surface area contributed by atoms with Crippen molar-refractivity contribution in [3.63, 3.8) is 0 Å². The zero-order chi connectivity index (χ0) is 24.3. The van der Waals surface area contributed by atoms with E-state index in [1.807, 2.05) is 30.3 Å². The smallest absolute Gasteiger partial charge is 0.407 e. The Morgan fingerprint density at radius 3 is 2.26 bits per heavy atom. The van der Waals surface area contributed by atoms with Crippen LogP contribution >= 0.6 is 0 Å². The van der Waals surface area contributed by atoms with Crippen LogP contribution in [0.1, 0.15) is 41.3 Å². The van der Waals surface area contributed by atoms with Crippen molar-refractivity contribution in [1.29, 1.82) is 0 Å². The van der Waals surface area contributed by atoms with Crippen molar-refractivity contribution in [3.05, 3.63) is 71.3 Å². The zero-order valence-corrected chi connectivity index (χ0v) is 19.2. The molecule has 0 spiro atoms. The van der Waals surface area contributed by atoms with E-state index in [-0.39, 0.29) is 25.2 Å². The third-order valence-electron chi connectivity index (χ3n) is 5.64. The highest BCUT2D eigenvalue weighted by atomic mass is 17.2. The molecule has 1 heterocycles. The molecule has 2 aromatic rings. The summed E-state index contributed by atoms with van der Waals surface area (Å²) in [7, 11) is 0. The number of carboxylic acid groups (broad SMARTS) is 1. The molecule has 3 rings (SSSR count). The molecule has 0 bridgehead atoms. The van der Waals surface area contributed by atoms with Crippen LogP contribution in [0, 0.1) is 0 Å². The summed E-state index contributed by atoms with van der Waals surface area (Å²) in [6.45, 7) is 3.09. The van der Waals surface area contributed by atoms with Crippen molar-refractivity contribution in [2.24, 2.45) is 0 Å². The molecular weight excluding hydrogens is 440 g/mol. The van der Waals surface area contributed by atoms with Gasteiger partial charge in [-0.1, -0.05) is 42.5 Å². The summed E-state index contributed by atoms with van der Waals surface area (Å²) in [6.07, 6.45) is 0.124. The zero-order valence-electron chi connectivity index (χ0n) is 19.2. The average molecular weight is 471 g/mol. The SMILES string of the molecule is CCOOCC(=O)N(Cc1ccc(C(=O)OCc2ccccc2)cc1)C1CCN(C(=O)O)CC1. The van der Waals surface area contributed by atoms with E-state index in [1.54, 1.807) is 36.1 Å². The molecule has 0 aliphatic carbocycles. The fraction of sp³-hybridized carbons (Fsp3) is 0.400. The van der Waals surface area contributed by atoms with Crippen molar-refractivity contribution in [1.82, 2.24) is 9.80 Å². The average Bonchev–Trinajstić information content (AvgIpc) is 2.87. The second-order valence-electron chi connectivity index (χ2n) is 7.95. The number of hydrogen-bond acceptors (Lipinski definition) is 6. The van der Waals surface area contributed by atoms with Crippen molar-refractivity contribution < 1.29 is 34.0 Å². The standard InChI is InChI=1S/C25H30N2O7/c1-2-33-34-18-23(28)27(22-12-14-26(15-13-22)25(30)31)16-19-8-10-21(11-9-19)24(29)32-17-20-6-4-3-5-7-20/h3-11,22H,2,12-18H2,1H3,(H,30,31). The molecule has 9 nitrogen and oxygen atoms in total. The van der Waals surface area contributed by atoms with Crippen LogP contribution in [0.4, 0.5) is 4.79 Å². The summed E-state index contributed by atoms with van der Waals surface area (Å²) in [5.74, 6) is -0.664. The fourth-order valence-corrected chi connectivity index (χ4v) is 3.80. The largest absolute Gasteiger partial charge is 0.465 e. The molecule has 1 saturated heterocycles. The number of likely N-dealkylation sites (tertiary alicyclic amines) is 1. The molecule has 9 heteroatoms. The van der Waals surface area contributed by atoms with Gasteiger partial charge in [0, 0.05) is 25.7 Å². The minimum atomic E-state index is -0.953. The van der Waals surface area contributed by atoms with Crippen molar-refractivity contribution in [2.75, 3.05) is 26.3 Å². The molecule has 2 aromatic carbocycles. The van der Waals surface area contributed by atoms with Crippen LogP contribution in [-0.2, 0) is 32.5 Å². The van der Waals surface area contributed by atoms with Gasteiger partial charge in [0.2, 0.25) is 0 Å². The summed E-state index contributed by atoms with van der Waals surface area (Å²) in [5.41, 5.74) is 2.17. The van der Waals surface area contributed by atoms with Crippen LogP contribution in [0.25, 0.3) is 0 Å². The number of rotatable bonds is 10. The number of hydrogen-bond donors (Lipinski definition) is 1. The van der Waals surface area contributed by atoms with E-state index in [4.69, 9.17) is 14.5 Å². The maximum Gasteiger partial charge on any atom is 0.407 e. The van der Waals surface area contributed by atoms with Gasteiger partial charge in [-0.25, -0.2) is 19.4 Å². The Bertz CT molecular complexity index is 941. The van der Waals surface area contributed by atoms with Gasteiger partial charge >= 0.3 is 12.1 Å². The van der Waals surface area contributed by atoms with Gasteiger partial charge in [-0.15, -0.1) is 0 Å². The minimum absolute atomic E-state index is 0.121. The van der Waals surface area contributed by atoms with Crippen LogP contribution < -0.4 is 0 Å². The van der Waals surface area contributed by atoms with E-state index in [9.17, 15) is 19.5 Å². The first-order chi connectivity index (χ1) is 16.5. The lowest BCUT2D eigenvalue weighted by molar-refractivity contribution is -0.287. The van der Waals surface area contributed by atoms with Gasteiger partial charge in [-0.2, -0.15) is 0 Å². The van der Waals surface area contributed by atoms with Crippen molar-refractivity contribution in [3.8, 4) is 0 Å². The van der Waals surface area contributed by atoms with E-state index in [0.717, 1.165) is 11.1 Å². The molecule has 1 N–H and O–H groups in total. The van der Waals surface area contributed by atoms with E-state index in [2.05, 4.69) is 0 Å². The van der Waals surface area contributed by atoms with Gasteiger partial charge < -0.3 is 19.6 Å². The van der Waals surface area contributed by atoms with Gasteiger partial charge in [0.05, 0.1) is 12.2 Å². The van der Waals surface area contributed by atoms with E-state index in [1.165, 1.54) is 4.90 Å². The lowest BCUT2D eigenvalue weighted by atomic mass is 10.0. The van der Waals surface area contributed by atoms with E-state index >= 15 is 0 Å². The fourth-order valence-electron chi connectivity index (χ4n) is 3.80. The second kappa shape index (κ2) is 12.7. The molecule has 2 amide bonds. The van der Waals surface area contributed by atoms with E-state index in [0.29, 0.717) is 44.6 Å². The Labute approximate surface area is 198 Å².